The molecule has 0 aromatic heterocycles. The molecule has 116 valence electrons. The van der Waals surface area contributed by atoms with Crippen LogP contribution in [0.1, 0.15) is 57.6 Å². The van der Waals surface area contributed by atoms with Crippen LogP contribution < -0.4 is 4.74 Å². The molecule has 0 saturated heterocycles. The monoisotopic (exact) mass is 354 g/mol. The van der Waals surface area contributed by atoms with Gasteiger partial charge >= 0.3 is 5.97 Å². The highest BCUT2D eigenvalue weighted by Crippen LogP contribution is 2.48. The van der Waals surface area contributed by atoms with E-state index in [2.05, 4.69) is 36.7 Å². The lowest BCUT2D eigenvalue weighted by molar-refractivity contribution is -0.143. The first-order valence-electron chi connectivity index (χ1n) is 7.34. The summed E-state index contributed by atoms with van der Waals surface area (Å²) in [4.78, 5) is 12.0. The highest BCUT2D eigenvalue weighted by atomic mass is 79.9. The van der Waals surface area contributed by atoms with E-state index in [1.807, 2.05) is 12.1 Å². The molecule has 21 heavy (non-hydrogen) atoms. The highest BCUT2D eigenvalue weighted by Gasteiger charge is 2.45. The Morgan fingerprint density at radius 1 is 1.29 bits per heavy atom. The molecule has 1 aromatic rings. The number of hydrogen-bond donors (Lipinski definition) is 1. The molecule has 2 rings (SSSR count). The fraction of sp³-hybridized carbons (Fsp3) is 0.588. The van der Waals surface area contributed by atoms with E-state index in [9.17, 15) is 9.90 Å². The van der Waals surface area contributed by atoms with Crippen molar-refractivity contribution in [1.29, 1.82) is 0 Å². The Balaban J connectivity index is 2.74. The van der Waals surface area contributed by atoms with Crippen LogP contribution in [0.3, 0.4) is 0 Å². The predicted octanol–water partition coefficient (Wildman–Crippen LogP) is 4.65. The Bertz CT molecular complexity index is 552. The summed E-state index contributed by atoms with van der Waals surface area (Å²) >= 11 is 3.54. The summed E-state index contributed by atoms with van der Waals surface area (Å²) in [5.41, 5.74) is 0.938. The molecule has 3 nitrogen and oxygen atoms in total. The second-order valence-corrected chi connectivity index (χ2v) is 7.79. The number of halogens is 1. The average molecular weight is 355 g/mol. The first-order chi connectivity index (χ1) is 9.72. The van der Waals surface area contributed by atoms with Crippen LogP contribution in [0.2, 0.25) is 0 Å². The van der Waals surface area contributed by atoms with E-state index < -0.39 is 11.4 Å². The molecule has 1 saturated carbocycles. The van der Waals surface area contributed by atoms with Crippen LogP contribution in [0.25, 0.3) is 0 Å². The summed E-state index contributed by atoms with van der Waals surface area (Å²) in [7, 11) is 1.63. The van der Waals surface area contributed by atoms with E-state index in [1.54, 1.807) is 7.11 Å². The zero-order chi connectivity index (χ0) is 15.8. The Labute approximate surface area is 134 Å². The third kappa shape index (κ3) is 2.83. The van der Waals surface area contributed by atoms with Crippen molar-refractivity contribution in [3.05, 3.63) is 27.7 Å². The van der Waals surface area contributed by atoms with Gasteiger partial charge in [-0.05, 0) is 30.4 Å². The number of ether oxygens (including phenoxy) is 1. The van der Waals surface area contributed by atoms with Crippen LogP contribution in [0.15, 0.2) is 16.6 Å². The first kappa shape index (κ1) is 16.3. The van der Waals surface area contributed by atoms with Crippen molar-refractivity contribution < 1.29 is 14.6 Å². The minimum atomic E-state index is -0.810. The normalized spacial score (nSPS) is 17.8. The van der Waals surface area contributed by atoms with Gasteiger partial charge in [0.05, 0.1) is 12.5 Å². The number of carboxylic acid groups (broad SMARTS) is 1. The maximum atomic E-state index is 12.0. The van der Waals surface area contributed by atoms with Crippen molar-refractivity contribution in [2.24, 2.45) is 0 Å². The van der Waals surface area contributed by atoms with Crippen LogP contribution in [0.5, 0.6) is 5.75 Å². The van der Waals surface area contributed by atoms with E-state index in [4.69, 9.17) is 4.74 Å². The lowest BCUT2D eigenvalue weighted by Gasteiger charge is -2.31. The molecule has 0 atom stereocenters. The second kappa shape index (κ2) is 5.64. The molecule has 1 N–H and O–H groups in total. The molecule has 0 radical (unpaired) electrons. The van der Waals surface area contributed by atoms with Crippen molar-refractivity contribution in [1.82, 2.24) is 0 Å². The molecule has 0 amide bonds. The standard InChI is InChI=1S/C17H23BrO3/c1-16(2,3)12-9-11(18)10-13(14(12)21-4)17(15(19)20)7-5-6-8-17/h9-10H,5-8H2,1-4H3,(H,19,20). The van der Waals surface area contributed by atoms with Crippen LogP contribution in [-0.4, -0.2) is 18.2 Å². The molecule has 1 aliphatic carbocycles. The molecular weight excluding hydrogens is 332 g/mol. The van der Waals surface area contributed by atoms with Gasteiger partial charge in [0.25, 0.3) is 0 Å². The maximum Gasteiger partial charge on any atom is 0.314 e. The lowest BCUT2D eigenvalue weighted by atomic mass is 9.75. The number of rotatable bonds is 3. The van der Waals surface area contributed by atoms with E-state index in [0.717, 1.165) is 34.2 Å². The van der Waals surface area contributed by atoms with Gasteiger partial charge in [-0.2, -0.15) is 0 Å². The van der Waals surface area contributed by atoms with Crippen molar-refractivity contribution in [2.45, 2.75) is 57.3 Å². The Morgan fingerprint density at radius 3 is 2.29 bits per heavy atom. The summed E-state index contributed by atoms with van der Waals surface area (Å²) < 4.78 is 6.57. The van der Waals surface area contributed by atoms with Crippen LogP contribution in [-0.2, 0) is 15.6 Å². The molecule has 1 aromatic carbocycles. The SMILES string of the molecule is COc1c(C(C)(C)C)cc(Br)cc1C1(C(=O)O)CCCC1. The van der Waals surface area contributed by atoms with Gasteiger partial charge in [-0.25, -0.2) is 0 Å². The molecule has 0 bridgehead atoms. The predicted molar refractivity (Wildman–Crippen MR) is 87.2 cm³/mol. The molecule has 0 heterocycles. The largest absolute Gasteiger partial charge is 0.496 e. The molecule has 4 heteroatoms. The smallest absolute Gasteiger partial charge is 0.314 e. The second-order valence-electron chi connectivity index (χ2n) is 6.88. The van der Waals surface area contributed by atoms with Gasteiger partial charge in [-0.1, -0.05) is 49.5 Å². The van der Waals surface area contributed by atoms with Gasteiger partial charge < -0.3 is 9.84 Å². The van der Waals surface area contributed by atoms with Crippen LogP contribution in [0, 0.1) is 0 Å². The van der Waals surface area contributed by atoms with E-state index in [1.165, 1.54) is 0 Å². The number of carboxylic acids is 1. The zero-order valence-electron chi connectivity index (χ0n) is 13.1. The van der Waals surface area contributed by atoms with Gasteiger partial charge in [0.2, 0.25) is 0 Å². The van der Waals surface area contributed by atoms with Crippen LogP contribution >= 0.6 is 15.9 Å². The van der Waals surface area contributed by atoms with E-state index in [-0.39, 0.29) is 5.41 Å². The third-order valence-corrected chi connectivity index (χ3v) is 4.91. The number of hydrogen-bond acceptors (Lipinski definition) is 2. The number of carbonyl (C=O) groups is 1. The molecular formula is C17H23BrO3. The first-order valence-corrected chi connectivity index (χ1v) is 8.13. The summed E-state index contributed by atoms with van der Waals surface area (Å²) in [5, 5.41) is 9.85. The Hall–Kier alpha value is -1.03. The van der Waals surface area contributed by atoms with Crippen LogP contribution in [0.4, 0.5) is 0 Å². The van der Waals surface area contributed by atoms with Crippen molar-refractivity contribution in [3.63, 3.8) is 0 Å². The Kier molecular flexibility index (Phi) is 4.39. The summed E-state index contributed by atoms with van der Waals surface area (Å²) in [6.07, 6.45) is 3.26. The summed E-state index contributed by atoms with van der Waals surface area (Å²) in [6.45, 7) is 6.34. The van der Waals surface area contributed by atoms with E-state index >= 15 is 0 Å². The molecule has 0 aliphatic heterocycles. The summed E-state index contributed by atoms with van der Waals surface area (Å²) in [5.74, 6) is -0.00809. The van der Waals surface area contributed by atoms with Gasteiger partial charge in [-0.3, -0.25) is 4.79 Å². The number of benzene rings is 1. The zero-order valence-corrected chi connectivity index (χ0v) is 14.7. The fourth-order valence-electron chi connectivity index (χ4n) is 3.30. The molecule has 1 aliphatic rings. The minimum absolute atomic E-state index is 0.109. The quantitative estimate of drug-likeness (QED) is 0.858. The van der Waals surface area contributed by atoms with Gasteiger partial charge in [-0.15, -0.1) is 0 Å². The number of methoxy groups -OCH3 is 1. The molecule has 1 fully saturated rings. The van der Waals surface area contributed by atoms with Crippen molar-refractivity contribution >= 4 is 21.9 Å². The third-order valence-electron chi connectivity index (χ3n) is 4.45. The van der Waals surface area contributed by atoms with Crippen molar-refractivity contribution in [2.75, 3.05) is 7.11 Å². The molecule has 0 unspecified atom stereocenters. The topological polar surface area (TPSA) is 46.5 Å². The van der Waals surface area contributed by atoms with Crippen molar-refractivity contribution in [3.8, 4) is 5.75 Å². The highest BCUT2D eigenvalue weighted by molar-refractivity contribution is 9.10. The minimum Gasteiger partial charge on any atom is -0.496 e. The average Bonchev–Trinajstić information content (AvgIpc) is 2.87. The van der Waals surface area contributed by atoms with Gasteiger partial charge in [0.1, 0.15) is 5.75 Å². The molecule has 0 spiro atoms. The van der Waals surface area contributed by atoms with Gasteiger partial charge in [0, 0.05) is 15.6 Å². The van der Waals surface area contributed by atoms with E-state index in [0.29, 0.717) is 12.8 Å². The fourth-order valence-corrected chi connectivity index (χ4v) is 3.76. The maximum absolute atomic E-state index is 12.0. The number of aliphatic carboxylic acids is 1. The lowest BCUT2D eigenvalue weighted by Crippen LogP contribution is -2.33. The Morgan fingerprint density at radius 2 is 1.86 bits per heavy atom. The summed E-state index contributed by atoms with van der Waals surface area (Å²) in [6, 6.07) is 3.96. The van der Waals surface area contributed by atoms with Gasteiger partial charge in [0.15, 0.2) is 0 Å².